The quantitative estimate of drug-likeness (QED) is 0.847. The van der Waals surface area contributed by atoms with Crippen molar-refractivity contribution < 1.29 is 23.9 Å². The van der Waals surface area contributed by atoms with E-state index in [2.05, 4.69) is 5.32 Å². The second-order valence-electron chi connectivity index (χ2n) is 5.86. The molecule has 1 aromatic carbocycles. The summed E-state index contributed by atoms with van der Waals surface area (Å²) in [6.07, 6.45) is 1.46. The Morgan fingerprint density at radius 3 is 3.04 bits per heavy atom. The molecule has 7 nitrogen and oxygen atoms in total. The molecular weight excluding hydrogens is 312 g/mol. The van der Waals surface area contributed by atoms with Crippen molar-refractivity contribution in [3.8, 4) is 5.75 Å². The number of nitrogens with zero attached hydrogens (tertiary/aromatic N) is 1. The Bertz CT molecular complexity index is 673. The molecule has 1 fully saturated rings. The molecule has 2 heterocycles. The van der Waals surface area contributed by atoms with Crippen molar-refractivity contribution in [2.75, 3.05) is 31.6 Å². The van der Waals surface area contributed by atoms with Crippen LogP contribution in [0.5, 0.6) is 5.75 Å². The van der Waals surface area contributed by atoms with Crippen molar-refractivity contribution in [2.45, 2.75) is 19.8 Å². The lowest BCUT2D eigenvalue weighted by Gasteiger charge is -2.32. The van der Waals surface area contributed by atoms with Gasteiger partial charge in [0.1, 0.15) is 5.75 Å². The first-order chi connectivity index (χ1) is 11.6. The number of hydrogen-bond acceptors (Lipinski definition) is 5. The second-order valence-corrected chi connectivity index (χ2v) is 5.86. The number of benzene rings is 1. The van der Waals surface area contributed by atoms with E-state index in [1.807, 2.05) is 0 Å². The van der Waals surface area contributed by atoms with Crippen LogP contribution in [0.15, 0.2) is 18.2 Å². The largest absolute Gasteiger partial charge is 0.482 e. The average Bonchev–Trinajstić information content (AvgIpc) is 2.61. The van der Waals surface area contributed by atoms with Gasteiger partial charge >= 0.3 is 5.97 Å². The lowest BCUT2D eigenvalue weighted by atomic mass is 9.97. The second kappa shape index (κ2) is 6.90. The van der Waals surface area contributed by atoms with Crippen LogP contribution in [-0.4, -0.2) is 49.0 Å². The first-order valence-corrected chi connectivity index (χ1v) is 8.11. The molecule has 1 atom stereocenters. The van der Waals surface area contributed by atoms with Gasteiger partial charge in [-0.2, -0.15) is 0 Å². The van der Waals surface area contributed by atoms with E-state index >= 15 is 0 Å². The van der Waals surface area contributed by atoms with Crippen molar-refractivity contribution >= 4 is 23.5 Å². The van der Waals surface area contributed by atoms with Crippen LogP contribution in [0.1, 0.15) is 30.1 Å². The van der Waals surface area contributed by atoms with E-state index in [9.17, 15) is 14.4 Å². The molecule has 1 aromatic rings. The summed E-state index contributed by atoms with van der Waals surface area (Å²) >= 11 is 0. The van der Waals surface area contributed by atoms with Gasteiger partial charge in [0, 0.05) is 13.1 Å². The van der Waals surface area contributed by atoms with Gasteiger partial charge in [-0.25, -0.2) is 0 Å². The zero-order valence-corrected chi connectivity index (χ0v) is 13.5. The molecule has 0 radical (unpaired) electrons. The lowest BCUT2D eigenvalue weighted by Crippen LogP contribution is -2.43. The number of rotatable bonds is 3. The SMILES string of the molecule is CCOC(=O)C1CCCN(C(=O)c2cccc3c2NC(=O)CO3)C1. The zero-order chi connectivity index (χ0) is 17.1. The van der Waals surface area contributed by atoms with Crippen LogP contribution in [0.2, 0.25) is 0 Å². The molecule has 2 amide bonds. The predicted molar refractivity (Wildman–Crippen MR) is 85.8 cm³/mol. The molecule has 0 aliphatic carbocycles. The number of anilines is 1. The minimum atomic E-state index is -0.298. The number of fused-ring (bicyclic) bond motifs is 1. The summed E-state index contributed by atoms with van der Waals surface area (Å²) in [5.41, 5.74) is 0.780. The van der Waals surface area contributed by atoms with Crippen LogP contribution >= 0.6 is 0 Å². The highest BCUT2D eigenvalue weighted by Gasteiger charge is 2.32. The minimum absolute atomic E-state index is 0.0563. The monoisotopic (exact) mass is 332 g/mol. The standard InChI is InChI=1S/C17H20N2O5/c1-2-23-17(22)11-5-4-8-19(9-11)16(21)12-6-3-7-13-15(12)18-14(20)10-24-13/h3,6-7,11H,2,4-5,8-10H2,1H3,(H,18,20). The number of carbonyl (C=O) groups excluding carboxylic acids is 3. The first kappa shape index (κ1) is 16.3. The Morgan fingerprint density at radius 2 is 2.25 bits per heavy atom. The Kier molecular flexibility index (Phi) is 4.69. The normalized spacial score (nSPS) is 19.8. The molecule has 7 heteroatoms. The van der Waals surface area contributed by atoms with E-state index in [0.29, 0.717) is 36.7 Å². The van der Waals surface area contributed by atoms with Crippen LogP contribution < -0.4 is 10.1 Å². The summed E-state index contributed by atoms with van der Waals surface area (Å²) in [5.74, 6) is -0.577. The van der Waals surface area contributed by atoms with E-state index in [4.69, 9.17) is 9.47 Å². The van der Waals surface area contributed by atoms with E-state index < -0.39 is 0 Å². The third-order valence-electron chi connectivity index (χ3n) is 4.21. The third kappa shape index (κ3) is 3.20. The molecule has 0 saturated carbocycles. The number of esters is 1. The molecule has 0 spiro atoms. The van der Waals surface area contributed by atoms with Gasteiger partial charge in [-0.3, -0.25) is 14.4 Å². The summed E-state index contributed by atoms with van der Waals surface area (Å²) in [5, 5.41) is 2.70. The topological polar surface area (TPSA) is 84.9 Å². The highest BCUT2D eigenvalue weighted by molar-refractivity contribution is 6.06. The number of carbonyl (C=O) groups is 3. The number of ether oxygens (including phenoxy) is 2. The Balaban J connectivity index is 1.79. The van der Waals surface area contributed by atoms with Crippen molar-refractivity contribution in [3.05, 3.63) is 23.8 Å². The fraction of sp³-hybridized carbons (Fsp3) is 0.471. The maximum Gasteiger partial charge on any atom is 0.310 e. The van der Waals surface area contributed by atoms with Gasteiger partial charge < -0.3 is 19.7 Å². The molecule has 0 bridgehead atoms. The third-order valence-corrected chi connectivity index (χ3v) is 4.21. The summed E-state index contributed by atoms with van der Waals surface area (Å²) in [6.45, 7) is 2.95. The van der Waals surface area contributed by atoms with Gasteiger partial charge in [-0.05, 0) is 31.9 Å². The van der Waals surface area contributed by atoms with Gasteiger partial charge in [-0.15, -0.1) is 0 Å². The molecule has 3 rings (SSSR count). The minimum Gasteiger partial charge on any atom is -0.482 e. The Hall–Kier alpha value is -2.57. The van der Waals surface area contributed by atoms with Crippen LogP contribution in [0.4, 0.5) is 5.69 Å². The van der Waals surface area contributed by atoms with E-state index in [0.717, 1.165) is 12.8 Å². The van der Waals surface area contributed by atoms with Gasteiger partial charge in [-0.1, -0.05) is 6.07 Å². The molecule has 128 valence electrons. The maximum absolute atomic E-state index is 12.9. The molecule has 1 saturated heterocycles. The van der Waals surface area contributed by atoms with E-state index in [-0.39, 0.29) is 30.3 Å². The Morgan fingerprint density at radius 1 is 1.42 bits per heavy atom. The number of amides is 2. The molecule has 1 unspecified atom stereocenters. The number of hydrogen-bond donors (Lipinski definition) is 1. The van der Waals surface area contributed by atoms with Gasteiger partial charge in [0.15, 0.2) is 6.61 Å². The van der Waals surface area contributed by atoms with Gasteiger partial charge in [0.25, 0.3) is 11.8 Å². The number of piperidine rings is 1. The zero-order valence-electron chi connectivity index (χ0n) is 13.5. The van der Waals surface area contributed by atoms with E-state index in [1.165, 1.54) is 0 Å². The highest BCUT2D eigenvalue weighted by atomic mass is 16.5. The van der Waals surface area contributed by atoms with Crippen molar-refractivity contribution in [1.29, 1.82) is 0 Å². The molecule has 24 heavy (non-hydrogen) atoms. The fourth-order valence-corrected chi connectivity index (χ4v) is 3.06. The maximum atomic E-state index is 12.9. The van der Waals surface area contributed by atoms with Crippen LogP contribution in [0.3, 0.4) is 0 Å². The van der Waals surface area contributed by atoms with Crippen LogP contribution in [0, 0.1) is 5.92 Å². The van der Waals surface area contributed by atoms with Crippen LogP contribution in [0.25, 0.3) is 0 Å². The number of likely N-dealkylation sites (tertiary alicyclic amines) is 1. The highest BCUT2D eigenvalue weighted by Crippen LogP contribution is 2.32. The summed E-state index contributed by atoms with van der Waals surface area (Å²) in [6, 6.07) is 5.09. The smallest absolute Gasteiger partial charge is 0.310 e. The number of para-hydroxylation sites is 1. The predicted octanol–water partition coefficient (Wildman–Crippen LogP) is 1.43. The van der Waals surface area contributed by atoms with Crippen molar-refractivity contribution in [1.82, 2.24) is 4.90 Å². The van der Waals surface area contributed by atoms with Crippen molar-refractivity contribution in [3.63, 3.8) is 0 Å². The molecule has 0 aromatic heterocycles. The number of nitrogens with one attached hydrogen (secondary N) is 1. The van der Waals surface area contributed by atoms with Gasteiger partial charge in [0.2, 0.25) is 0 Å². The summed E-state index contributed by atoms with van der Waals surface area (Å²) < 4.78 is 10.4. The van der Waals surface area contributed by atoms with Crippen molar-refractivity contribution in [2.24, 2.45) is 5.92 Å². The van der Waals surface area contributed by atoms with E-state index in [1.54, 1.807) is 30.0 Å². The van der Waals surface area contributed by atoms with Gasteiger partial charge in [0.05, 0.1) is 23.8 Å². The summed E-state index contributed by atoms with van der Waals surface area (Å²) in [7, 11) is 0. The molecule has 1 N–H and O–H groups in total. The summed E-state index contributed by atoms with van der Waals surface area (Å²) in [4.78, 5) is 38.0. The molecular formula is C17H20N2O5. The molecule has 2 aliphatic rings. The molecule has 2 aliphatic heterocycles. The van der Waals surface area contributed by atoms with Crippen LogP contribution in [-0.2, 0) is 14.3 Å². The Labute approximate surface area is 139 Å². The first-order valence-electron chi connectivity index (χ1n) is 8.11. The average molecular weight is 332 g/mol. The fourth-order valence-electron chi connectivity index (χ4n) is 3.06. The lowest BCUT2D eigenvalue weighted by molar-refractivity contribution is -0.149.